The van der Waals surface area contributed by atoms with Crippen molar-refractivity contribution >= 4 is 78.4 Å². The van der Waals surface area contributed by atoms with Gasteiger partial charge < -0.3 is 9.79 Å². The minimum absolute atomic E-state index is 0. The fourth-order valence-electron chi connectivity index (χ4n) is 0.558. The molecule has 0 fully saturated rings. The van der Waals surface area contributed by atoms with Crippen LogP contribution < -0.4 is 0 Å². The van der Waals surface area contributed by atoms with E-state index in [4.69, 9.17) is 15.0 Å². The Morgan fingerprint density at radius 1 is 1.27 bits per heavy atom. The summed E-state index contributed by atoms with van der Waals surface area (Å²) in [5.74, 6) is -1.66. The van der Waals surface area contributed by atoms with E-state index in [-0.39, 0.29) is 64.2 Å². The number of hydroxylamine groups is 2. The van der Waals surface area contributed by atoms with Crippen LogP contribution in [0.5, 0.6) is 0 Å². The zero-order chi connectivity index (χ0) is 10.6. The summed E-state index contributed by atoms with van der Waals surface area (Å²) in [5.41, 5.74) is 0. The van der Waals surface area contributed by atoms with Crippen LogP contribution in [0.2, 0.25) is 0 Å². The van der Waals surface area contributed by atoms with Crippen LogP contribution >= 0.6 is 7.60 Å². The maximum atomic E-state index is 10.7. The van der Waals surface area contributed by atoms with E-state index in [1.54, 1.807) is 0 Å². The number of hydrogen-bond donors (Lipinski definition) is 3. The van der Waals surface area contributed by atoms with Crippen molar-refractivity contribution < 1.29 is 29.1 Å². The second-order valence-corrected chi connectivity index (χ2v) is 4.08. The first-order valence-corrected chi connectivity index (χ1v) is 5.05. The first kappa shape index (κ1) is 21.5. The van der Waals surface area contributed by atoms with Gasteiger partial charge in [-0.15, -0.1) is 0 Å². The zero-order valence-corrected chi connectivity index (χ0v) is 7.77. The second kappa shape index (κ2) is 9.30. The Bertz CT molecular complexity index is 266. The number of carbonyl (C=O) groups is 2. The molecule has 7 nitrogen and oxygen atoms in total. The van der Waals surface area contributed by atoms with Crippen LogP contribution in [-0.2, 0) is 14.2 Å². The SMILES string of the molecule is CC(=O)N(O)CC(=O)CP(=O)(O)O.[NaH].[NaH]. The Balaban J connectivity index is -0.000000720. The van der Waals surface area contributed by atoms with E-state index >= 15 is 0 Å². The number of carbonyl (C=O) groups excluding carboxylic acids is 2. The average Bonchev–Trinajstić information content (AvgIpc) is 1.81. The standard InChI is InChI=1S/C5H10NO6P.2Na.2H/c1-4(7)6(9)2-5(8)3-13(10,11)12;;;;/h9H,2-3H2,1H3,(H2,10,11,12);;;;. The number of Topliss-reactive ketones (excluding diaryl/α,β-unsaturated/α-hetero) is 1. The number of nitrogens with zero attached hydrogens (tertiary/aromatic N) is 1. The minimum atomic E-state index is -4.41. The molecule has 0 aromatic carbocycles. The van der Waals surface area contributed by atoms with Crippen LogP contribution in [0, 0.1) is 0 Å². The Labute approximate surface area is 131 Å². The van der Waals surface area contributed by atoms with Crippen LogP contribution in [0.1, 0.15) is 6.92 Å². The molecular weight excluding hydrogens is 247 g/mol. The van der Waals surface area contributed by atoms with E-state index in [0.29, 0.717) is 0 Å². The van der Waals surface area contributed by atoms with E-state index < -0.39 is 32.0 Å². The average molecular weight is 259 g/mol. The second-order valence-electron chi connectivity index (χ2n) is 2.44. The van der Waals surface area contributed by atoms with Crippen LogP contribution in [0.25, 0.3) is 0 Å². The van der Waals surface area contributed by atoms with Gasteiger partial charge in [0.2, 0.25) is 5.91 Å². The first-order chi connectivity index (χ1) is 5.72. The fraction of sp³-hybridized carbons (Fsp3) is 0.600. The predicted molar refractivity (Wildman–Crippen MR) is 55.4 cm³/mol. The van der Waals surface area contributed by atoms with Crippen LogP contribution in [0.3, 0.4) is 0 Å². The normalized spacial score (nSPS) is 9.60. The fourth-order valence-corrected chi connectivity index (χ4v) is 1.12. The van der Waals surface area contributed by atoms with Crippen molar-refractivity contribution in [1.29, 1.82) is 0 Å². The van der Waals surface area contributed by atoms with Crippen molar-refractivity contribution in [2.24, 2.45) is 0 Å². The Kier molecular flexibility index (Phi) is 13.3. The molecule has 0 atom stereocenters. The Morgan fingerprint density at radius 2 is 1.67 bits per heavy atom. The molecule has 0 aliphatic rings. The summed E-state index contributed by atoms with van der Waals surface area (Å²) in [6.45, 7) is 0.311. The van der Waals surface area contributed by atoms with Gasteiger partial charge in [0, 0.05) is 6.92 Å². The van der Waals surface area contributed by atoms with Crippen LogP contribution in [0.15, 0.2) is 0 Å². The van der Waals surface area contributed by atoms with Crippen molar-refractivity contribution in [3.05, 3.63) is 0 Å². The molecule has 15 heavy (non-hydrogen) atoms. The predicted octanol–water partition coefficient (Wildman–Crippen LogP) is -2.33. The molecule has 80 valence electrons. The summed E-state index contributed by atoms with van der Waals surface area (Å²) in [7, 11) is -4.41. The molecule has 0 aliphatic heterocycles. The molecule has 0 saturated heterocycles. The van der Waals surface area contributed by atoms with Gasteiger partial charge in [-0.2, -0.15) is 0 Å². The van der Waals surface area contributed by atoms with E-state index in [2.05, 4.69) is 0 Å². The number of amides is 1. The molecule has 10 heteroatoms. The summed E-state index contributed by atoms with van der Waals surface area (Å²) in [6, 6.07) is 0. The van der Waals surface area contributed by atoms with Gasteiger partial charge in [0.25, 0.3) is 0 Å². The molecule has 1 amide bonds. The molecule has 3 N–H and O–H groups in total. The van der Waals surface area contributed by atoms with E-state index in [9.17, 15) is 14.2 Å². The molecule has 0 rings (SSSR count). The molecule has 0 heterocycles. The first-order valence-electron chi connectivity index (χ1n) is 3.25. The summed E-state index contributed by atoms with van der Waals surface area (Å²) in [5, 5.41) is 8.80. The van der Waals surface area contributed by atoms with Gasteiger partial charge >= 0.3 is 66.7 Å². The Morgan fingerprint density at radius 3 is 1.93 bits per heavy atom. The summed E-state index contributed by atoms with van der Waals surface area (Å²) < 4.78 is 10.3. The van der Waals surface area contributed by atoms with E-state index in [1.807, 2.05) is 0 Å². The molecule has 0 unspecified atom stereocenters. The maximum absolute atomic E-state index is 10.7. The van der Waals surface area contributed by atoms with Gasteiger partial charge in [0.05, 0.1) is 0 Å². The van der Waals surface area contributed by atoms with Gasteiger partial charge in [-0.1, -0.05) is 0 Å². The molecule has 0 bridgehead atoms. The van der Waals surface area contributed by atoms with Gasteiger partial charge in [0.1, 0.15) is 12.7 Å². The van der Waals surface area contributed by atoms with Gasteiger partial charge in [-0.3, -0.25) is 19.4 Å². The third-order valence-corrected chi connectivity index (χ3v) is 1.84. The van der Waals surface area contributed by atoms with Crippen molar-refractivity contribution in [3.8, 4) is 0 Å². The zero-order valence-electron chi connectivity index (χ0n) is 6.88. The number of rotatable bonds is 4. The van der Waals surface area contributed by atoms with Crippen molar-refractivity contribution in [3.63, 3.8) is 0 Å². The van der Waals surface area contributed by atoms with Gasteiger partial charge in [-0.05, 0) is 0 Å². The number of hydrogen-bond acceptors (Lipinski definition) is 4. The Hall–Kier alpha value is 1.25. The molecule has 0 saturated carbocycles. The molecular formula is C5H12NNa2O6P. The third kappa shape index (κ3) is 13.2. The quantitative estimate of drug-likeness (QED) is 0.226. The topological polar surface area (TPSA) is 115 Å². The summed E-state index contributed by atoms with van der Waals surface area (Å²) >= 11 is 0. The monoisotopic (exact) mass is 259 g/mol. The molecule has 0 spiro atoms. The van der Waals surface area contributed by atoms with Crippen molar-refractivity contribution in [1.82, 2.24) is 5.06 Å². The van der Waals surface area contributed by atoms with E-state index in [0.717, 1.165) is 6.92 Å². The number of ketones is 1. The van der Waals surface area contributed by atoms with Crippen LogP contribution in [-0.4, -0.2) is 104 Å². The van der Waals surface area contributed by atoms with Crippen LogP contribution in [0.4, 0.5) is 0 Å². The van der Waals surface area contributed by atoms with Crippen molar-refractivity contribution in [2.75, 3.05) is 12.7 Å². The van der Waals surface area contributed by atoms with Gasteiger partial charge in [0.15, 0.2) is 5.78 Å². The molecule has 0 aromatic rings. The molecule has 0 radical (unpaired) electrons. The third-order valence-electron chi connectivity index (χ3n) is 1.07. The summed E-state index contributed by atoms with van der Waals surface area (Å²) in [4.78, 5) is 37.8. The molecule has 0 aliphatic carbocycles. The van der Waals surface area contributed by atoms with E-state index in [1.165, 1.54) is 0 Å². The summed E-state index contributed by atoms with van der Waals surface area (Å²) in [6.07, 6.45) is -0.975. The molecule has 0 aromatic heterocycles. The van der Waals surface area contributed by atoms with Gasteiger partial charge in [-0.25, -0.2) is 5.06 Å². The van der Waals surface area contributed by atoms with Crippen molar-refractivity contribution in [2.45, 2.75) is 6.92 Å².